The molecule has 1 fully saturated rings. The summed E-state index contributed by atoms with van der Waals surface area (Å²) in [4.78, 5) is 16.4. The topological polar surface area (TPSA) is 50.2 Å². The van der Waals surface area contributed by atoms with Crippen LogP contribution in [0.4, 0.5) is 0 Å². The minimum absolute atomic E-state index is 0.214. The van der Waals surface area contributed by atoms with E-state index in [0.717, 1.165) is 5.69 Å². The molecule has 0 saturated heterocycles. The highest BCUT2D eigenvalue weighted by molar-refractivity contribution is 7.11. The lowest BCUT2D eigenvalue weighted by molar-refractivity contribution is -0.136. The van der Waals surface area contributed by atoms with Crippen LogP contribution in [0.1, 0.15) is 60.5 Å². The van der Waals surface area contributed by atoms with Gasteiger partial charge in [0.25, 0.3) is 0 Å². The van der Waals surface area contributed by atoms with Crippen molar-refractivity contribution in [3.63, 3.8) is 0 Å². The van der Waals surface area contributed by atoms with Crippen LogP contribution in [0.15, 0.2) is 0 Å². The van der Waals surface area contributed by atoms with Crippen molar-refractivity contribution in [3.05, 3.63) is 15.6 Å². The first kappa shape index (κ1) is 11.6. The van der Waals surface area contributed by atoms with Crippen molar-refractivity contribution < 1.29 is 9.90 Å². The molecule has 1 aromatic rings. The summed E-state index contributed by atoms with van der Waals surface area (Å²) >= 11 is 1.73. The Bertz CT molecular complexity index is 394. The Hall–Kier alpha value is -0.900. The third-order valence-electron chi connectivity index (χ3n) is 2.78. The molecule has 16 heavy (non-hydrogen) atoms. The van der Waals surface area contributed by atoms with Crippen LogP contribution >= 0.6 is 11.3 Å². The van der Waals surface area contributed by atoms with Crippen molar-refractivity contribution in [2.75, 3.05) is 0 Å². The fourth-order valence-corrected chi connectivity index (χ4v) is 3.13. The third kappa shape index (κ3) is 2.61. The lowest BCUT2D eigenvalue weighted by Gasteiger charge is -2.03. The third-order valence-corrected chi connectivity index (χ3v) is 4.08. The molecule has 2 rings (SSSR count). The highest BCUT2D eigenvalue weighted by Gasteiger charge is 2.28. The monoisotopic (exact) mass is 239 g/mol. The molecule has 4 heteroatoms. The number of carboxylic acid groups (broad SMARTS) is 1. The summed E-state index contributed by atoms with van der Waals surface area (Å²) in [6.45, 7) is 4.24. The van der Waals surface area contributed by atoms with Crippen LogP contribution in [0, 0.1) is 0 Å². The average Bonchev–Trinajstić information content (AvgIpc) is 2.95. The largest absolute Gasteiger partial charge is 0.481 e. The fraction of sp³-hybridized carbons (Fsp3) is 0.667. The molecule has 0 radical (unpaired) electrons. The van der Waals surface area contributed by atoms with Crippen molar-refractivity contribution >= 4 is 17.3 Å². The molecular formula is C12H17NO2S. The van der Waals surface area contributed by atoms with E-state index in [1.54, 1.807) is 11.3 Å². The summed E-state index contributed by atoms with van der Waals surface area (Å²) in [5, 5.41) is 9.94. The molecule has 1 aliphatic rings. The van der Waals surface area contributed by atoms with Gasteiger partial charge in [-0.3, -0.25) is 4.79 Å². The number of hydrogen-bond donors (Lipinski definition) is 1. The van der Waals surface area contributed by atoms with Gasteiger partial charge < -0.3 is 5.11 Å². The van der Waals surface area contributed by atoms with Crippen LogP contribution in [-0.4, -0.2) is 16.1 Å². The maximum Gasteiger partial charge on any atom is 0.303 e. The quantitative estimate of drug-likeness (QED) is 0.858. The van der Waals surface area contributed by atoms with Gasteiger partial charge in [-0.1, -0.05) is 13.8 Å². The summed E-state index contributed by atoms with van der Waals surface area (Å²) < 4.78 is 0. The van der Waals surface area contributed by atoms with Crippen molar-refractivity contribution in [1.82, 2.24) is 4.98 Å². The normalized spacial score (nSPS) is 15.7. The van der Waals surface area contributed by atoms with Crippen molar-refractivity contribution in [2.24, 2.45) is 0 Å². The van der Waals surface area contributed by atoms with Gasteiger partial charge in [0.15, 0.2) is 0 Å². The molecule has 0 atom stereocenters. The second-order valence-electron chi connectivity index (χ2n) is 4.68. The zero-order valence-electron chi connectivity index (χ0n) is 9.69. The number of hydrogen-bond acceptors (Lipinski definition) is 3. The van der Waals surface area contributed by atoms with Crippen LogP contribution in [-0.2, 0) is 11.2 Å². The molecular weight excluding hydrogens is 222 g/mol. The van der Waals surface area contributed by atoms with Gasteiger partial charge in [-0.15, -0.1) is 11.3 Å². The summed E-state index contributed by atoms with van der Waals surface area (Å²) in [5.74, 6) is 0.338. The molecule has 0 spiro atoms. The van der Waals surface area contributed by atoms with Gasteiger partial charge >= 0.3 is 5.97 Å². The summed E-state index contributed by atoms with van der Waals surface area (Å²) in [6.07, 6.45) is 3.35. The number of aliphatic carboxylic acids is 1. The van der Waals surface area contributed by atoms with Crippen LogP contribution in [0.5, 0.6) is 0 Å². The van der Waals surface area contributed by atoms with E-state index in [-0.39, 0.29) is 6.42 Å². The number of nitrogens with zero attached hydrogens (tertiary/aromatic N) is 1. The zero-order valence-corrected chi connectivity index (χ0v) is 10.5. The molecule has 0 unspecified atom stereocenters. The maximum atomic E-state index is 10.6. The number of carbonyl (C=O) groups is 1. The molecule has 1 N–H and O–H groups in total. The lowest BCUT2D eigenvalue weighted by Crippen LogP contribution is -1.99. The van der Waals surface area contributed by atoms with Gasteiger partial charge in [0.1, 0.15) is 0 Å². The van der Waals surface area contributed by atoms with Crippen molar-refractivity contribution in [1.29, 1.82) is 0 Å². The predicted octanol–water partition coefficient (Wildman–Crippen LogP) is 3.16. The highest BCUT2D eigenvalue weighted by Crippen LogP contribution is 2.43. The Morgan fingerprint density at radius 3 is 2.75 bits per heavy atom. The molecule has 1 aliphatic carbocycles. The molecule has 1 heterocycles. The number of aromatic nitrogens is 1. The number of thiazole rings is 1. The van der Waals surface area contributed by atoms with Crippen molar-refractivity contribution in [2.45, 2.75) is 51.4 Å². The van der Waals surface area contributed by atoms with E-state index < -0.39 is 5.97 Å². The van der Waals surface area contributed by atoms with Gasteiger partial charge in [0.2, 0.25) is 0 Å². The summed E-state index contributed by atoms with van der Waals surface area (Å²) in [5.41, 5.74) is 1.12. The van der Waals surface area contributed by atoms with Gasteiger partial charge in [-0.05, 0) is 25.2 Å². The second-order valence-corrected chi connectivity index (χ2v) is 5.80. The smallest absolute Gasteiger partial charge is 0.303 e. The maximum absolute atomic E-state index is 10.6. The molecule has 1 aromatic heterocycles. The van der Waals surface area contributed by atoms with E-state index in [2.05, 4.69) is 18.8 Å². The Morgan fingerprint density at radius 1 is 1.56 bits per heavy atom. The summed E-state index contributed by atoms with van der Waals surface area (Å²) in [7, 11) is 0. The SMILES string of the molecule is CC(C)c1nc(C2CC2)sc1CCC(=O)O. The van der Waals surface area contributed by atoms with E-state index in [1.807, 2.05) is 0 Å². The number of rotatable bonds is 5. The Labute approximate surface area is 99.5 Å². The molecule has 0 aromatic carbocycles. The molecule has 3 nitrogen and oxygen atoms in total. The standard InChI is InChI=1S/C12H17NO2S/c1-7(2)11-9(5-6-10(14)15)16-12(13-11)8-3-4-8/h7-8H,3-6H2,1-2H3,(H,14,15). The van der Waals surface area contributed by atoms with Crippen LogP contribution in [0.25, 0.3) is 0 Å². The highest BCUT2D eigenvalue weighted by atomic mass is 32.1. The Balaban J connectivity index is 2.16. The van der Waals surface area contributed by atoms with E-state index in [4.69, 9.17) is 5.11 Å². The molecule has 0 bridgehead atoms. The minimum atomic E-state index is -0.726. The molecule has 0 aliphatic heterocycles. The molecule has 1 saturated carbocycles. The summed E-state index contributed by atoms with van der Waals surface area (Å²) in [6, 6.07) is 0. The van der Waals surface area contributed by atoms with Crippen LogP contribution in [0.3, 0.4) is 0 Å². The first-order valence-electron chi connectivity index (χ1n) is 5.79. The average molecular weight is 239 g/mol. The van der Waals surface area contributed by atoms with E-state index in [1.165, 1.54) is 22.7 Å². The van der Waals surface area contributed by atoms with Gasteiger partial charge in [0.05, 0.1) is 17.1 Å². The second kappa shape index (κ2) is 4.53. The first-order chi connectivity index (χ1) is 7.58. The van der Waals surface area contributed by atoms with Crippen LogP contribution < -0.4 is 0 Å². The number of carboxylic acids is 1. The van der Waals surface area contributed by atoms with Crippen molar-refractivity contribution in [3.8, 4) is 0 Å². The van der Waals surface area contributed by atoms with Gasteiger partial charge in [0, 0.05) is 10.8 Å². The fourth-order valence-electron chi connectivity index (χ4n) is 1.74. The first-order valence-corrected chi connectivity index (χ1v) is 6.61. The zero-order chi connectivity index (χ0) is 11.7. The predicted molar refractivity (Wildman–Crippen MR) is 64.1 cm³/mol. The van der Waals surface area contributed by atoms with E-state index >= 15 is 0 Å². The van der Waals surface area contributed by atoms with Crippen LogP contribution in [0.2, 0.25) is 0 Å². The van der Waals surface area contributed by atoms with E-state index in [0.29, 0.717) is 18.3 Å². The lowest BCUT2D eigenvalue weighted by atomic mass is 10.1. The molecule has 0 amide bonds. The van der Waals surface area contributed by atoms with Gasteiger partial charge in [-0.2, -0.15) is 0 Å². The number of aryl methyl sites for hydroxylation is 1. The minimum Gasteiger partial charge on any atom is -0.481 e. The van der Waals surface area contributed by atoms with Gasteiger partial charge in [-0.25, -0.2) is 4.98 Å². The Kier molecular flexibility index (Phi) is 3.28. The Morgan fingerprint density at radius 2 is 2.25 bits per heavy atom. The molecule has 88 valence electrons. The van der Waals surface area contributed by atoms with E-state index in [9.17, 15) is 4.79 Å².